The zero-order valence-electron chi connectivity index (χ0n) is 8.28. The smallest absolute Gasteiger partial charge is 0.214 e. The molecule has 1 N–H and O–H groups in total. The average Bonchev–Trinajstić information content (AvgIpc) is 2.89. The minimum absolute atomic E-state index is 0.215. The first kappa shape index (κ1) is 10.9. The second kappa shape index (κ2) is 4.39. The zero-order valence-corrected chi connectivity index (χ0v) is 9.10. The molecule has 0 atom stereocenters. The number of rotatable bonds is 6. The number of likely N-dealkylation sites (N-methyl/N-ethyl adjacent to an activating group) is 1. The molecule has 0 bridgehead atoms. The monoisotopic (exact) mass is 206 g/mol. The van der Waals surface area contributed by atoms with Crippen molar-refractivity contribution in [1.82, 2.24) is 9.62 Å². The van der Waals surface area contributed by atoms with Gasteiger partial charge in [-0.25, -0.2) is 8.42 Å². The number of hydrogen-bond acceptors (Lipinski definition) is 3. The van der Waals surface area contributed by atoms with Gasteiger partial charge in [-0.1, -0.05) is 0 Å². The van der Waals surface area contributed by atoms with E-state index in [1.54, 1.807) is 11.2 Å². The molecule has 4 nitrogen and oxygen atoms in total. The maximum atomic E-state index is 11.6. The molecule has 0 unspecified atom stereocenters. The van der Waals surface area contributed by atoms with Gasteiger partial charge >= 0.3 is 0 Å². The summed E-state index contributed by atoms with van der Waals surface area (Å²) < 4.78 is 24.8. The van der Waals surface area contributed by atoms with Gasteiger partial charge in [0.05, 0.1) is 5.75 Å². The summed E-state index contributed by atoms with van der Waals surface area (Å²) in [6.07, 6.45) is 2.06. The van der Waals surface area contributed by atoms with Gasteiger partial charge in [-0.3, -0.25) is 0 Å². The molecule has 0 heterocycles. The SMILES string of the molecule is CCS(=O)(=O)N(CCNC)C1CC1. The Bertz CT molecular complexity index is 247. The fraction of sp³-hybridized carbons (Fsp3) is 1.00. The normalized spacial score (nSPS) is 18.1. The maximum Gasteiger partial charge on any atom is 0.214 e. The lowest BCUT2D eigenvalue weighted by Gasteiger charge is -2.20. The topological polar surface area (TPSA) is 49.4 Å². The van der Waals surface area contributed by atoms with E-state index >= 15 is 0 Å². The third-order valence-corrected chi connectivity index (χ3v) is 4.18. The molecule has 0 radical (unpaired) electrons. The Morgan fingerprint density at radius 1 is 1.46 bits per heavy atom. The number of nitrogens with one attached hydrogen (secondary N) is 1. The quantitative estimate of drug-likeness (QED) is 0.666. The van der Waals surface area contributed by atoms with E-state index < -0.39 is 10.0 Å². The van der Waals surface area contributed by atoms with Crippen molar-refractivity contribution in [2.75, 3.05) is 25.9 Å². The third-order valence-electron chi connectivity index (χ3n) is 2.26. The molecule has 0 spiro atoms. The zero-order chi connectivity index (χ0) is 9.90. The predicted molar refractivity (Wildman–Crippen MR) is 53.1 cm³/mol. The molecule has 0 aromatic rings. The summed E-state index contributed by atoms with van der Waals surface area (Å²) in [5.74, 6) is 0.215. The van der Waals surface area contributed by atoms with Gasteiger partial charge in [-0.05, 0) is 26.8 Å². The highest BCUT2D eigenvalue weighted by atomic mass is 32.2. The molecule has 0 aromatic carbocycles. The summed E-state index contributed by atoms with van der Waals surface area (Å²) in [6, 6.07) is 0.290. The highest BCUT2D eigenvalue weighted by Crippen LogP contribution is 2.28. The van der Waals surface area contributed by atoms with Crippen molar-refractivity contribution in [3.05, 3.63) is 0 Å². The van der Waals surface area contributed by atoms with Crippen LogP contribution >= 0.6 is 0 Å². The van der Waals surface area contributed by atoms with Crippen molar-refractivity contribution in [1.29, 1.82) is 0 Å². The van der Waals surface area contributed by atoms with E-state index in [-0.39, 0.29) is 5.75 Å². The Balaban J connectivity index is 2.56. The Hall–Kier alpha value is -0.130. The van der Waals surface area contributed by atoms with Crippen LogP contribution in [0.15, 0.2) is 0 Å². The third kappa shape index (κ3) is 2.93. The Labute approximate surface area is 80.4 Å². The molecule has 5 heteroatoms. The lowest BCUT2D eigenvalue weighted by atomic mass is 10.6. The van der Waals surface area contributed by atoms with Gasteiger partial charge in [0.15, 0.2) is 0 Å². The van der Waals surface area contributed by atoms with Crippen molar-refractivity contribution in [3.63, 3.8) is 0 Å². The van der Waals surface area contributed by atoms with Gasteiger partial charge in [0.2, 0.25) is 10.0 Å². The van der Waals surface area contributed by atoms with E-state index in [0.717, 1.165) is 19.4 Å². The number of sulfonamides is 1. The van der Waals surface area contributed by atoms with Gasteiger partial charge in [-0.15, -0.1) is 0 Å². The fourth-order valence-corrected chi connectivity index (χ4v) is 2.67. The first-order valence-corrected chi connectivity index (χ1v) is 6.37. The summed E-state index contributed by atoms with van der Waals surface area (Å²) >= 11 is 0. The maximum absolute atomic E-state index is 11.6. The second-order valence-corrected chi connectivity index (χ2v) is 5.56. The van der Waals surface area contributed by atoms with E-state index in [0.29, 0.717) is 12.6 Å². The molecule has 1 aliphatic rings. The number of hydrogen-bond donors (Lipinski definition) is 1. The van der Waals surface area contributed by atoms with Crippen LogP contribution in [0.25, 0.3) is 0 Å². The van der Waals surface area contributed by atoms with Gasteiger partial charge in [0.1, 0.15) is 0 Å². The molecule has 78 valence electrons. The molecular weight excluding hydrogens is 188 g/mol. The van der Waals surface area contributed by atoms with Crippen molar-refractivity contribution in [2.45, 2.75) is 25.8 Å². The van der Waals surface area contributed by atoms with Crippen LogP contribution in [-0.4, -0.2) is 44.7 Å². The van der Waals surface area contributed by atoms with Gasteiger partial charge in [0.25, 0.3) is 0 Å². The Kier molecular flexibility index (Phi) is 3.70. The summed E-state index contributed by atoms with van der Waals surface area (Å²) in [5, 5.41) is 2.97. The van der Waals surface area contributed by atoms with E-state index in [1.807, 2.05) is 7.05 Å². The minimum Gasteiger partial charge on any atom is -0.318 e. The summed E-state index contributed by atoms with van der Waals surface area (Å²) in [4.78, 5) is 0. The molecular formula is C8H18N2O2S. The van der Waals surface area contributed by atoms with Crippen molar-refractivity contribution >= 4 is 10.0 Å². The van der Waals surface area contributed by atoms with Gasteiger partial charge in [-0.2, -0.15) is 4.31 Å². The van der Waals surface area contributed by atoms with Gasteiger partial charge < -0.3 is 5.32 Å². The molecule has 0 amide bonds. The van der Waals surface area contributed by atoms with Crippen molar-refractivity contribution in [2.24, 2.45) is 0 Å². The van der Waals surface area contributed by atoms with E-state index in [4.69, 9.17) is 0 Å². The van der Waals surface area contributed by atoms with Crippen LogP contribution in [0.4, 0.5) is 0 Å². The predicted octanol–water partition coefficient (Wildman–Crippen LogP) is 0.0199. The molecule has 0 aromatic heterocycles. The molecule has 1 rings (SSSR count). The molecule has 1 saturated carbocycles. The van der Waals surface area contributed by atoms with Crippen LogP contribution in [0.2, 0.25) is 0 Å². The average molecular weight is 206 g/mol. The molecule has 0 saturated heterocycles. The lowest BCUT2D eigenvalue weighted by Crippen LogP contribution is -2.38. The van der Waals surface area contributed by atoms with Crippen molar-refractivity contribution < 1.29 is 8.42 Å². The Morgan fingerprint density at radius 3 is 2.46 bits per heavy atom. The van der Waals surface area contributed by atoms with Crippen LogP contribution in [0.3, 0.4) is 0 Å². The highest BCUT2D eigenvalue weighted by Gasteiger charge is 2.35. The van der Waals surface area contributed by atoms with Crippen LogP contribution in [-0.2, 0) is 10.0 Å². The Morgan fingerprint density at radius 2 is 2.08 bits per heavy atom. The van der Waals surface area contributed by atoms with Crippen LogP contribution in [0, 0.1) is 0 Å². The second-order valence-electron chi connectivity index (χ2n) is 3.35. The van der Waals surface area contributed by atoms with Crippen LogP contribution in [0.1, 0.15) is 19.8 Å². The van der Waals surface area contributed by atoms with E-state index in [1.165, 1.54) is 0 Å². The fourth-order valence-electron chi connectivity index (χ4n) is 1.30. The number of nitrogens with zero attached hydrogens (tertiary/aromatic N) is 1. The lowest BCUT2D eigenvalue weighted by molar-refractivity contribution is 0.403. The van der Waals surface area contributed by atoms with Crippen LogP contribution in [0.5, 0.6) is 0 Å². The van der Waals surface area contributed by atoms with Crippen LogP contribution < -0.4 is 5.32 Å². The highest BCUT2D eigenvalue weighted by molar-refractivity contribution is 7.89. The largest absolute Gasteiger partial charge is 0.318 e. The molecule has 1 aliphatic carbocycles. The van der Waals surface area contributed by atoms with Crippen molar-refractivity contribution in [3.8, 4) is 0 Å². The molecule has 13 heavy (non-hydrogen) atoms. The minimum atomic E-state index is -2.98. The van der Waals surface area contributed by atoms with E-state index in [9.17, 15) is 8.42 Å². The van der Waals surface area contributed by atoms with E-state index in [2.05, 4.69) is 5.32 Å². The molecule has 0 aliphatic heterocycles. The molecule has 1 fully saturated rings. The summed E-state index contributed by atoms with van der Waals surface area (Å²) in [7, 11) is -1.14. The summed E-state index contributed by atoms with van der Waals surface area (Å²) in [6.45, 7) is 3.04. The van der Waals surface area contributed by atoms with Gasteiger partial charge in [0, 0.05) is 19.1 Å². The first-order valence-electron chi connectivity index (χ1n) is 4.76. The first-order chi connectivity index (χ1) is 6.11. The standard InChI is InChI=1S/C8H18N2O2S/c1-3-13(11,12)10(7-6-9-2)8-4-5-8/h8-9H,3-7H2,1-2H3. The summed E-state index contributed by atoms with van der Waals surface area (Å²) in [5.41, 5.74) is 0.